The predicted octanol–water partition coefficient (Wildman–Crippen LogP) is 4.58. The highest BCUT2D eigenvalue weighted by Crippen LogP contribution is 2.29. The first-order valence-electron chi connectivity index (χ1n) is 5.72. The SMILES string of the molecule is Nc1ccc(NCc2ccc(Br)cc2)c(C(F)F)c1. The van der Waals surface area contributed by atoms with Crippen LogP contribution in [0.25, 0.3) is 0 Å². The van der Waals surface area contributed by atoms with Crippen molar-refractivity contribution >= 4 is 27.3 Å². The van der Waals surface area contributed by atoms with Gasteiger partial charge in [0.05, 0.1) is 0 Å². The van der Waals surface area contributed by atoms with Gasteiger partial charge in [-0.2, -0.15) is 0 Å². The number of hydrogen-bond donors (Lipinski definition) is 2. The third-order valence-electron chi connectivity index (χ3n) is 2.71. The van der Waals surface area contributed by atoms with Crippen molar-refractivity contribution in [2.24, 2.45) is 0 Å². The first-order valence-corrected chi connectivity index (χ1v) is 6.51. The minimum absolute atomic E-state index is 0.0721. The zero-order valence-corrected chi connectivity index (χ0v) is 11.6. The number of hydrogen-bond acceptors (Lipinski definition) is 2. The first-order chi connectivity index (χ1) is 9.06. The fourth-order valence-corrected chi connectivity index (χ4v) is 1.99. The largest absolute Gasteiger partial charge is 0.399 e. The molecule has 0 saturated carbocycles. The lowest BCUT2D eigenvalue weighted by Gasteiger charge is -2.12. The topological polar surface area (TPSA) is 38.0 Å². The van der Waals surface area contributed by atoms with E-state index >= 15 is 0 Å². The maximum absolute atomic E-state index is 12.9. The summed E-state index contributed by atoms with van der Waals surface area (Å²) in [5.74, 6) is 0. The molecule has 0 bridgehead atoms. The molecule has 5 heteroatoms. The number of benzene rings is 2. The number of alkyl halides is 2. The maximum Gasteiger partial charge on any atom is 0.265 e. The molecule has 0 aliphatic rings. The van der Waals surface area contributed by atoms with Crippen molar-refractivity contribution in [2.75, 3.05) is 11.1 Å². The molecule has 19 heavy (non-hydrogen) atoms. The molecule has 2 rings (SSSR count). The van der Waals surface area contributed by atoms with Gasteiger partial charge in [0.2, 0.25) is 0 Å². The van der Waals surface area contributed by atoms with Crippen molar-refractivity contribution in [3.63, 3.8) is 0 Å². The Labute approximate surface area is 118 Å². The van der Waals surface area contributed by atoms with Crippen LogP contribution >= 0.6 is 15.9 Å². The average Bonchev–Trinajstić information content (AvgIpc) is 2.39. The van der Waals surface area contributed by atoms with Gasteiger partial charge in [-0.25, -0.2) is 8.78 Å². The summed E-state index contributed by atoms with van der Waals surface area (Å²) in [5, 5.41) is 3.01. The lowest BCUT2D eigenvalue weighted by atomic mass is 10.1. The smallest absolute Gasteiger partial charge is 0.265 e. The molecule has 0 aromatic heterocycles. The molecule has 0 spiro atoms. The Morgan fingerprint density at radius 3 is 2.42 bits per heavy atom. The second-order valence-corrected chi connectivity index (χ2v) is 5.04. The third-order valence-corrected chi connectivity index (χ3v) is 3.24. The Kier molecular flexibility index (Phi) is 4.37. The fraction of sp³-hybridized carbons (Fsp3) is 0.143. The van der Waals surface area contributed by atoms with Gasteiger partial charge in [0.1, 0.15) is 0 Å². The Morgan fingerprint density at radius 2 is 1.79 bits per heavy atom. The molecule has 3 N–H and O–H groups in total. The summed E-state index contributed by atoms with van der Waals surface area (Å²) in [5.41, 5.74) is 7.21. The van der Waals surface area contributed by atoms with E-state index in [0.29, 0.717) is 17.9 Å². The van der Waals surface area contributed by atoms with Crippen LogP contribution in [0.2, 0.25) is 0 Å². The number of nitrogens with two attached hydrogens (primary N) is 1. The molecule has 0 saturated heterocycles. The number of nitrogens with one attached hydrogen (secondary N) is 1. The predicted molar refractivity (Wildman–Crippen MR) is 77.3 cm³/mol. The van der Waals surface area contributed by atoms with Crippen molar-refractivity contribution in [2.45, 2.75) is 13.0 Å². The quantitative estimate of drug-likeness (QED) is 0.807. The van der Waals surface area contributed by atoms with E-state index in [9.17, 15) is 8.78 Å². The fourth-order valence-electron chi connectivity index (χ4n) is 1.72. The minimum atomic E-state index is -2.55. The summed E-state index contributed by atoms with van der Waals surface area (Å²) >= 11 is 3.35. The molecule has 100 valence electrons. The number of halogens is 3. The van der Waals surface area contributed by atoms with Crippen LogP contribution in [0.1, 0.15) is 17.6 Å². The average molecular weight is 327 g/mol. The Hall–Kier alpha value is -1.62. The van der Waals surface area contributed by atoms with Gasteiger partial charge in [0, 0.05) is 28.0 Å². The number of rotatable bonds is 4. The lowest BCUT2D eigenvalue weighted by Crippen LogP contribution is -2.03. The normalized spacial score (nSPS) is 10.7. The van der Waals surface area contributed by atoms with E-state index in [0.717, 1.165) is 10.0 Å². The van der Waals surface area contributed by atoms with Gasteiger partial charge in [0.25, 0.3) is 6.43 Å². The Bertz CT molecular complexity index is 556. The molecule has 0 aliphatic carbocycles. The van der Waals surface area contributed by atoms with E-state index in [-0.39, 0.29) is 5.56 Å². The molecular formula is C14H13BrF2N2. The van der Waals surface area contributed by atoms with E-state index in [1.807, 2.05) is 24.3 Å². The van der Waals surface area contributed by atoms with Gasteiger partial charge < -0.3 is 11.1 Å². The van der Waals surface area contributed by atoms with Crippen molar-refractivity contribution < 1.29 is 8.78 Å². The summed E-state index contributed by atoms with van der Waals surface area (Å²) in [6, 6.07) is 12.2. The van der Waals surface area contributed by atoms with E-state index < -0.39 is 6.43 Å². The standard InChI is InChI=1S/C14H13BrF2N2/c15-10-3-1-9(2-4-10)8-19-13-6-5-11(18)7-12(13)14(16)17/h1-7,14,19H,8,18H2. The van der Waals surface area contributed by atoms with Crippen molar-refractivity contribution in [1.29, 1.82) is 0 Å². The zero-order chi connectivity index (χ0) is 13.8. The van der Waals surface area contributed by atoms with Gasteiger partial charge in [0.15, 0.2) is 0 Å². The van der Waals surface area contributed by atoms with Crippen molar-refractivity contribution in [3.05, 3.63) is 58.1 Å². The maximum atomic E-state index is 12.9. The van der Waals surface area contributed by atoms with Gasteiger partial charge >= 0.3 is 0 Å². The lowest BCUT2D eigenvalue weighted by molar-refractivity contribution is 0.152. The van der Waals surface area contributed by atoms with Crippen LogP contribution in [0.15, 0.2) is 46.9 Å². The zero-order valence-electron chi connectivity index (χ0n) is 10.0. The monoisotopic (exact) mass is 326 g/mol. The highest BCUT2D eigenvalue weighted by molar-refractivity contribution is 9.10. The first kappa shape index (κ1) is 13.8. The van der Waals surface area contributed by atoms with Gasteiger partial charge in [-0.15, -0.1) is 0 Å². The van der Waals surface area contributed by atoms with E-state index in [1.54, 1.807) is 12.1 Å². The van der Waals surface area contributed by atoms with Crippen LogP contribution in [0.3, 0.4) is 0 Å². The van der Waals surface area contributed by atoms with E-state index in [4.69, 9.17) is 5.73 Å². The Balaban J connectivity index is 2.13. The minimum Gasteiger partial charge on any atom is -0.399 e. The van der Waals surface area contributed by atoms with Crippen LogP contribution in [0.4, 0.5) is 20.2 Å². The molecule has 0 heterocycles. The van der Waals surface area contributed by atoms with Gasteiger partial charge in [-0.05, 0) is 35.9 Å². The summed E-state index contributed by atoms with van der Waals surface area (Å²) in [6.45, 7) is 0.483. The number of nitrogen functional groups attached to an aromatic ring is 1. The van der Waals surface area contributed by atoms with Crippen LogP contribution in [-0.4, -0.2) is 0 Å². The van der Waals surface area contributed by atoms with Gasteiger partial charge in [-0.3, -0.25) is 0 Å². The molecule has 0 unspecified atom stereocenters. The van der Waals surface area contributed by atoms with E-state index in [1.165, 1.54) is 6.07 Å². The summed E-state index contributed by atoms with van der Waals surface area (Å²) in [7, 11) is 0. The molecular weight excluding hydrogens is 314 g/mol. The molecule has 2 aromatic rings. The van der Waals surface area contributed by atoms with Gasteiger partial charge in [-0.1, -0.05) is 28.1 Å². The highest BCUT2D eigenvalue weighted by Gasteiger charge is 2.13. The molecule has 2 aromatic carbocycles. The number of anilines is 2. The van der Waals surface area contributed by atoms with Crippen LogP contribution in [-0.2, 0) is 6.54 Å². The van der Waals surface area contributed by atoms with Crippen LogP contribution in [0, 0.1) is 0 Å². The summed E-state index contributed by atoms with van der Waals surface area (Å²) < 4.78 is 26.8. The molecule has 0 radical (unpaired) electrons. The van der Waals surface area contributed by atoms with Crippen molar-refractivity contribution in [3.8, 4) is 0 Å². The second kappa shape index (κ2) is 6.02. The van der Waals surface area contributed by atoms with Crippen LogP contribution < -0.4 is 11.1 Å². The molecule has 0 fully saturated rings. The second-order valence-electron chi connectivity index (χ2n) is 4.13. The molecule has 0 amide bonds. The molecule has 2 nitrogen and oxygen atoms in total. The van der Waals surface area contributed by atoms with Crippen molar-refractivity contribution in [1.82, 2.24) is 0 Å². The highest BCUT2D eigenvalue weighted by atomic mass is 79.9. The summed E-state index contributed by atoms with van der Waals surface area (Å²) in [4.78, 5) is 0. The summed E-state index contributed by atoms with van der Waals surface area (Å²) in [6.07, 6.45) is -2.55. The molecule has 0 aliphatic heterocycles. The third kappa shape index (κ3) is 3.67. The molecule has 0 atom stereocenters. The Morgan fingerprint density at radius 1 is 1.11 bits per heavy atom. The van der Waals surface area contributed by atoms with E-state index in [2.05, 4.69) is 21.2 Å². The van der Waals surface area contributed by atoms with Crippen LogP contribution in [0.5, 0.6) is 0 Å².